The number of benzene rings is 1. The first kappa shape index (κ1) is 12.6. The quantitative estimate of drug-likeness (QED) is 0.896. The molecule has 1 aromatic heterocycles. The fraction of sp³-hybridized carbons (Fsp3) is 0.250. The van der Waals surface area contributed by atoms with E-state index in [0.29, 0.717) is 5.69 Å². The van der Waals surface area contributed by atoms with Gasteiger partial charge in [0.25, 0.3) is 0 Å². The summed E-state index contributed by atoms with van der Waals surface area (Å²) in [6.07, 6.45) is -3.14. The summed E-state index contributed by atoms with van der Waals surface area (Å²) in [5, 5.41) is 3.49. The third-order valence-corrected chi connectivity index (χ3v) is 2.56. The van der Waals surface area contributed by atoms with Gasteiger partial charge in [0, 0.05) is 12.2 Å². The molecule has 0 aliphatic heterocycles. The van der Waals surface area contributed by atoms with E-state index in [4.69, 9.17) is 5.73 Å². The molecule has 1 unspecified atom stereocenters. The predicted octanol–water partition coefficient (Wildman–Crippen LogP) is 2.91. The lowest BCUT2D eigenvalue weighted by atomic mass is 10.1. The monoisotopic (exact) mass is 255 g/mol. The van der Waals surface area contributed by atoms with Gasteiger partial charge in [-0.3, -0.25) is 0 Å². The standard InChI is InChI=1S/C12H12F3N3/c1-8(16)9-2-4-10(5-3-9)18-7-6-11(17-18)12(13,14)15/h2-8H,16H2,1H3. The van der Waals surface area contributed by atoms with Crippen LogP contribution in [-0.4, -0.2) is 9.78 Å². The van der Waals surface area contributed by atoms with Gasteiger partial charge in [-0.05, 0) is 30.7 Å². The lowest BCUT2D eigenvalue weighted by Gasteiger charge is -2.07. The average molecular weight is 255 g/mol. The van der Waals surface area contributed by atoms with Crippen LogP contribution in [0.4, 0.5) is 13.2 Å². The molecule has 0 saturated carbocycles. The molecule has 0 spiro atoms. The SMILES string of the molecule is CC(N)c1ccc(-n2ccc(C(F)(F)F)n2)cc1. The zero-order valence-corrected chi connectivity index (χ0v) is 9.65. The molecular formula is C12H12F3N3. The van der Waals surface area contributed by atoms with Crippen molar-refractivity contribution in [3.8, 4) is 5.69 Å². The van der Waals surface area contributed by atoms with Crippen molar-refractivity contribution in [1.82, 2.24) is 9.78 Å². The van der Waals surface area contributed by atoms with Crippen LogP contribution < -0.4 is 5.73 Å². The molecule has 2 aromatic rings. The second kappa shape index (κ2) is 4.45. The Hall–Kier alpha value is -1.82. The van der Waals surface area contributed by atoms with Gasteiger partial charge in [-0.1, -0.05) is 12.1 Å². The van der Waals surface area contributed by atoms with Crippen LogP contribution in [-0.2, 0) is 6.18 Å². The van der Waals surface area contributed by atoms with Crippen LogP contribution in [0.5, 0.6) is 0 Å². The molecule has 2 N–H and O–H groups in total. The zero-order chi connectivity index (χ0) is 13.3. The Morgan fingerprint density at radius 3 is 2.22 bits per heavy atom. The van der Waals surface area contributed by atoms with Crippen molar-refractivity contribution in [3.05, 3.63) is 47.8 Å². The van der Waals surface area contributed by atoms with Crippen molar-refractivity contribution in [1.29, 1.82) is 0 Å². The van der Waals surface area contributed by atoms with Gasteiger partial charge in [0.05, 0.1) is 5.69 Å². The molecule has 0 amide bonds. The van der Waals surface area contributed by atoms with Crippen molar-refractivity contribution in [2.24, 2.45) is 5.73 Å². The van der Waals surface area contributed by atoms with Crippen LogP contribution in [0.1, 0.15) is 24.2 Å². The van der Waals surface area contributed by atoms with E-state index in [9.17, 15) is 13.2 Å². The van der Waals surface area contributed by atoms with Crippen molar-refractivity contribution < 1.29 is 13.2 Å². The first-order valence-electron chi connectivity index (χ1n) is 5.37. The summed E-state index contributed by atoms with van der Waals surface area (Å²) in [6, 6.07) is 7.75. The van der Waals surface area contributed by atoms with Gasteiger partial charge >= 0.3 is 6.18 Å². The number of alkyl halides is 3. The molecule has 3 nitrogen and oxygen atoms in total. The summed E-state index contributed by atoms with van der Waals surface area (Å²) in [4.78, 5) is 0. The second-order valence-corrected chi connectivity index (χ2v) is 4.02. The molecule has 0 aliphatic carbocycles. The van der Waals surface area contributed by atoms with Crippen LogP contribution in [0.3, 0.4) is 0 Å². The van der Waals surface area contributed by atoms with E-state index < -0.39 is 11.9 Å². The number of nitrogens with two attached hydrogens (primary N) is 1. The summed E-state index contributed by atoms with van der Waals surface area (Å²) in [5.41, 5.74) is 6.27. The lowest BCUT2D eigenvalue weighted by Crippen LogP contribution is -2.07. The first-order chi connectivity index (χ1) is 8.38. The van der Waals surface area contributed by atoms with Crippen LogP contribution in [0.15, 0.2) is 36.5 Å². The van der Waals surface area contributed by atoms with Crippen LogP contribution in [0, 0.1) is 0 Å². The van der Waals surface area contributed by atoms with Crippen molar-refractivity contribution >= 4 is 0 Å². The smallest absolute Gasteiger partial charge is 0.324 e. The van der Waals surface area contributed by atoms with E-state index >= 15 is 0 Å². The maximum atomic E-state index is 12.4. The molecule has 0 fully saturated rings. The summed E-state index contributed by atoms with van der Waals surface area (Å²) < 4.78 is 38.4. The minimum absolute atomic E-state index is 0.109. The van der Waals surface area contributed by atoms with Gasteiger partial charge in [0.2, 0.25) is 0 Å². The minimum atomic E-state index is -4.42. The number of hydrogen-bond donors (Lipinski definition) is 1. The predicted molar refractivity (Wildman–Crippen MR) is 61.2 cm³/mol. The maximum Gasteiger partial charge on any atom is 0.435 e. The Morgan fingerprint density at radius 2 is 1.78 bits per heavy atom. The van der Waals surface area contributed by atoms with E-state index in [1.165, 1.54) is 10.9 Å². The molecule has 0 aliphatic rings. The highest BCUT2D eigenvalue weighted by Crippen LogP contribution is 2.27. The molecule has 0 radical (unpaired) electrons. The van der Waals surface area contributed by atoms with E-state index in [1.807, 2.05) is 6.92 Å². The fourth-order valence-electron chi connectivity index (χ4n) is 1.55. The Kier molecular flexibility index (Phi) is 3.13. The summed E-state index contributed by atoms with van der Waals surface area (Å²) in [5.74, 6) is 0. The van der Waals surface area contributed by atoms with E-state index in [0.717, 1.165) is 11.6 Å². The molecule has 96 valence electrons. The van der Waals surface area contributed by atoms with E-state index in [1.54, 1.807) is 24.3 Å². The van der Waals surface area contributed by atoms with Crippen LogP contribution >= 0.6 is 0 Å². The topological polar surface area (TPSA) is 43.8 Å². The molecule has 0 saturated heterocycles. The van der Waals surface area contributed by atoms with Gasteiger partial charge in [0.1, 0.15) is 0 Å². The third kappa shape index (κ3) is 2.53. The van der Waals surface area contributed by atoms with E-state index in [-0.39, 0.29) is 6.04 Å². The number of hydrogen-bond acceptors (Lipinski definition) is 2. The van der Waals surface area contributed by atoms with Crippen molar-refractivity contribution in [2.75, 3.05) is 0 Å². The van der Waals surface area contributed by atoms with Crippen molar-refractivity contribution in [3.63, 3.8) is 0 Å². The summed E-state index contributed by atoms with van der Waals surface area (Å²) >= 11 is 0. The highest BCUT2D eigenvalue weighted by molar-refractivity contribution is 5.35. The molecule has 1 atom stereocenters. The Balaban J connectivity index is 2.29. The number of aromatic nitrogens is 2. The molecule has 6 heteroatoms. The van der Waals surface area contributed by atoms with Gasteiger partial charge < -0.3 is 5.73 Å². The van der Waals surface area contributed by atoms with Crippen LogP contribution in [0.25, 0.3) is 5.69 Å². The number of rotatable bonds is 2. The maximum absolute atomic E-state index is 12.4. The molecule has 2 rings (SSSR count). The lowest BCUT2D eigenvalue weighted by molar-refractivity contribution is -0.141. The molecule has 1 aromatic carbocycles. The fourth-order valence-corrected chi connectivity index (χ4v) is 1.55. The minimum Gasteiger partial charge on any atom is -0.324 e. The summed E-state index contributed by atoms with van der Waals surface area (Å²) in [7, 11) is 0. The number of halogens is 3. The average Bonchev–Trinajstić information content (AvgIpc) is 2.78. The molecule has 18 heavy (non-hydrogen) atoms. The van der Waals surface area contributed by atoms with Gasteiger partial charge in [-0.15, -0.1) is 0 Å². The largest absolute Gasteiger partial charge is 0.435 e. The molecular weight excluding hydrogens is 243 g/mol. The summed E-state index contributed by atoms with van der Waals surface area (Å²) in [6.45, 7) is 1.84. The Morgan fingerprint density at radius 1 is 1.17 bits per heavy atom. The Bertz CT molecular complexity index is 526. The van der Waals surface area contributed by atoms with Gasteiger partial charge in [0.15, 0.2) is 5.69 Å². The molecule has 0 bridgehead atoms. The third-order valence-electron chi connectivity index (χ3n) is 2.56. The van der Waals surface area contributed by atoms with Crippen molar-refractivity contribution in [2.45, 2.75) is 19.1 Å². The highest BCUT2D eigenvalue weighted by atomic mass is 19.4. The number of nitrogens with zero attached hydrogens (tertiary/aromatic N) is 2. The normalized spacial score (nSPS) is 13.6. The van der Waals surface area contributed by atoms with Gasteiger partial charge in [-0.2, -0.15) is 18.3 Å². The zero-order valence-electron chi connectivity index (χ0n) is 9.65. The molecule has 1 heterocycles. The Labute approximate surface area is 102 Å². The highest BCUT2D eigenvalue weighted by Gasteiger charge is 2.33. The van der Waals surface area contributed by atoms with E-state index in [2.05, 4.69) is 5.10 Å². The second-order valence-electron chi connectivity index (χ2n) is 4.02. The van der Waals surface area contributed by atoms with Crippen LogP contribution in [0.2, 0.25) is 0 Å². The first-order valence-corrected chi connectivity index (χ1v) is 5.37. The van der Waals surface area contributed by atoms with Gasteiger partial charge in [-0.25, -0.2) is 4.68 Å².